The molecule has 106 valence electrons. The van der Waals surface area contributed by atoms with E-state index in [0.717, 1.165) is 44.5 Å². The molecule has 4 nitrogen and oxygen atoms in total. The topological polar surface area (TPSA) is 39.1 Å². The fourth-order valence-corrected chi connectivity index (χ4v) is 3.04. The number of nitrogens with one attached hydrogen (secondary N) is 1. The highest BCUT2D eigenvalue weighted by molar-refractivity contribution is 5.12. The van der Waals surface area contributed by atoms with Gasteiger partial charge in [0.2, 0.25) is 0 Å². The van der Waals surface area contributed by atoms with Gasteiger partial charge in [-0.3, -0.25) is 4.68 Å². The zero-order valence-corrected chi connectivity index (χ0v) is 12.1. The molecule has 0 spiro atoms. The molecule has 19 heavy (non-hydrogen) atoms. The molecule has 1 saturated heterocycles. The summed E-state index contributed by atoms with van der Waals surface area (Å²) in [4.78, 5) is 0. The van der Waals surface area contributed by atoms with Crippen LogP contribution in [0.5, 0.6) is 0 Å². The summed E-state index contributed by atoms with van der Waals surface area (Å²) in [5.41, 5.74) is 2.77. The third-order valence-electron chi connectivity index (χ3n) is 4.37. The van der Waals surface area contributed by atoms with Crippen LogP contribution in [-0.2, 0) is 17.7 Å². The summed E-state index contributed by atoms with van der Waals surface area (Å²) in [5, 5.41) is 8.26. The molecule has 2 fully saturated rings. The average Bonchev–Trinajstić information content (AvgIpc) is 3.02. The van der Waals surface area contributed by atoms with E-state index in [2.05, 4.69) is 35.0 Å². The number of aryl methyl sites for hydroxylation is 2. The van der Waals surface area contributed by atoms with Crippen molar-refractivity contribution in [2.45, 2.75) is 52.1 Å². The van der Waals surface area contributed by atoms with E-state index in [1.165, 1.54) is 25.0 Å². The van der Waals surface area contributed by atoms with Crippen LogP contribution in [0.25, 0.3) is 0 Å². The quantitative estimate of drug-likeness (QED) is 0.852. The number of aromatic nitrogens is 2. The van der Waals surface area contributed by atoms with Crippen LogP contribution >= 0.6 is 0 Å². The summed E-state index contributed by atoms with van der Waals surface area (Å²) in [5.74, 6) is 0. The Labute approximate surface area is 115 Å². The second-order valence-corrected chi connectivity index (χ2v) is 6.23. The normalized spacial score (nSPS) is 27.1. The molecule has 2 heterocycles. The maximum absolute atomic E-state index is 5.70. The smallest absolute Gasteiger partial charge is 0.0596 e. The Morgan fingerprint density at radius 3 is 3.00 bits per heavy atom. The molecule has 1 atom stereocenters. The van der Waals surface area contributed by atoms with Crippen LogP contribution in [0.3, 0.4) is 0 Å². The largest absolute Gasteiger partial charge is 0.381 e. The predicted octanol–water partition coefficient (Wildman–Crippen LogP) is 1.91. The van der Waals surface area contributed by atoms with E-state index in [1.54, 1.807) is 0 Å². The van der Waals surface area contributed by atoms with Crippen LogP contribution in [-0.4, -0.2) is 35.6 Å². The van der Waals surface area contributed by atoms with Crippen LogP contribution in [0.15, 0.2) is 6.07 Å². The molecule has 1 unspecified atom stereocenters. The minimum absolute atomic E-state index is 0.280. The molecule has 1 N–H and O–H groups in total. The predicted molar refractivity (Wildman–Crippen MR) is 75.2 cm³/mol. The molecule has 1 aromatic rings. The van der Waals surface area contributed by atoms with E-state index in [1.807, 2.05) is 0 Å². The summed E-state index contributed by atoms with van der Waals surface area (Å²) in [7, 11) is 0. The highest BCUT2D eigenvalue weighted by atomic mass is 16.5. The Hall–Kier alpha value is -0.870. The minimum atomic E-state index is 0.280. The van der Waals surface area contributed by atoms with Crippen molar-refractivity contribution < 1.29 is 4.74 Å². The highest BCUT2D eigenvalue weighted by Crippen LogP contribution is 2.33. The van der Waals surface area contributed by atoms with Crippen molar-refractivity contribution in [2.75, 3.05) is 19.8 Å². The van der Waals surface area contributed by atoms with Gasteiger partial charge < -0.3 is 10.1 Å². The van der Waals surface area contributed by atoms with Gasteiger partial charge >= 0.3 is 0 Å². The SMILES string of the molecule is CCn1nc(C)cc1CC1(CNC2CC2)CCOC1. The second kappa shape index (κ2) is 5.25. The summed E-state index contributed by atoms with van der Waals surface area (Å²) in [6.07, 6.45) is 4.95. The lowest BCUT2D eigenvalue weighted by molar-refractivity contribution is 0.147. The lowest BCUT2D eigenvalue weighted by atomic mass is 9.82. The monoisotopic (exact) mass is 263 g/mol. The van der Waals surface area contributed by atoms with Crippen LogP contribution in [0.1, 0.15) is 37.6 Å². The standard InChI is InChI=1S/C15H25N3O/c1-3-18-14(8-12(2)17-18)9-15(6-7-19-11-15)10-16-13-4-5-13/h8,13,16H,3-7,9-11H2,1-2H3. The Morgan fingerprint density at radius 1 is 1.53 bits per heavy atom. The molecule has 1 saturated carbocycles. The summed E-state index contributed by atoms with van der Waals surface area (Å²) < 4.78 is 7.84. The van der Waals surface area contributed by atoms with Crippen LogP contribution in [0.2, 0.25) is 0 Å². The molecule has 1 aliphatic heterocycles. The fourth-order valence-electron chi connectivity index (χ4n) is 3.04. The minimum Gasteiger partial charge on any atom is -0.381 e. The van der Waals surface area contributed by atoms with E-state index in [9.17, 15) is 0 Å². The van der Waals surface area contributed by atoms with Crippen molar-refractivity contribution in [3.8, 4) is 0 Å². The van der Waals surface area contributed by atoms with Gasteiger partial charge in [-0.15, -0.1) is 0 Å². The Morgan fingerprint density at radius 2 is 2.37 bits per heavy atom. The Bertz CT molecular complexity index is 431. The molecule has 4 heteroatoms. The van der Waals surface area contributed by atoms with Gasteiger partial charge in [0.15, 0.2) is 0 Å². The first-order valence-electron chi connectivity index (χ1n) is 7.55. The molecule has 3 rings (SSSR count). The maximum Gasteiger partial charge on any atom is 0.0596 e. The van der Waals surface area contributed by atoms with Gasteiger partial charge in [0, 0.05) is 36.8 Å². The van der Waals surface area contributed by atoms with E-state index < -0.39 is 0 Å². The molecule has 2 aliphatic rings. The van der Waals surface area contributed by atoms with E-state index in [-0.39, 0.29) is 5.41 Å². The average molecular weight is 263 g/mol. The number of ether oxygens (including phenoxy) is 1. The fraction of sp³-hybridized carbons (Fsp3) is 0.800. The van der Waals surface area contributed by atoms with Gasteiger partial charge in [-0.05, 0) is 45.6 Å². The molecule has 0 amide bonds. The first-order chi connectivity index (χ1) is 9.21. The Kier molecular flexibility index (Phi) is 3.63. The van der Waals surface area contributed by atoms with Crippen molar-refractivity contribution in [3.63, 3.8) is 0 Å². The van der Waals surface area contributed by atoms with E-state index in [4.69, 9.17) is 4.74 Å². The summed E-state index contributed by atoms with van der Waals surface area (Å²) in [6.45, 7) is 8.08. The van der Waals surface area contributed by atoms with E-state index >= 15 is 0 Å². The summed E-state index contributed by atoms with van der Waals surface area (Å²) >= 11 is 0. The lowest BCUT2D eigenvalue weighted by Gasteiger charge is -2.28. The van der Waals surface area contributed by atoms with Gasteiger partial charge in [0.1, 0.15) is 0 Å². The lowest BCUT2D eigenvalue weighted by Crippen LogP contribution is -2.38. The molecule has 0 bridgehead atoms. The number of hydrogen-bond donors (Lipinski definition) is 1. The zero-order valence-electron chi connectivity index (χ0n) is 12.1. The molecule has 0 radical (unpaired) electrons. The van der Waals surface area contributed by atoms with Crippen molar-refractivity contribution in [1.29, 1.82) is 0 Å². The molecule has 1 aromatic heterocycles. The third kappa shape index (κ3) is 3.00. The highest BCUT2D eigenvalue weighted by Gasteiger charge is 2.37. The zero-order chi connectivity index (χ0) is 13.3. The van der Waals surface area contributed by atoms with Crippen molar-refractivity contribution >= 4 is 0 Å². The molecule has 0 aromatic carbocycles. The van der Waals surface area contributed by atoms with Crippen molar-refractivity contribution in [1.82, 2.24) is 15.1 Å². The van der Waals surface area contributed by atoms with Gasteiger partial charge in [0.25, 0.3) is 0 Å². The van der Waals surface area contributed by atoms with Crippen molar-refractivity contribution in [3.05, 3.63) is 17.5 Å². The van der Waals surface area contributed by atoms with Gasteiger partial charge in [-0.1, -0.05) is 0 Å². The van der Waals surface area contributed by atoms with Gasteiger partial charge in [-0.25, -0.2) is 0 Å². The third-order valence-corrected chi connectivity index (χ3v) is 4.37. The molecular formula is C15H25N3O. The molecular weight excluding hydrogens is 238 g/mol. The summed E-state index contributed by atoms with van der Waals surface area (Å²) in [6, 6.07) is 3.01. The van der Waals surface area contributed by atoms with Crippen LogP contribution < -0.4 is 5.32 Å². The maximum atomic E-state index is 5.70. The van der Waals surface area contributed by atoms with Crippen LogP contribution in [0, 0.1) is 12.3 Å². The molecule has 1 aliphatic carbocycles. The number of nitrogens with zero attached hydrogens (tertiary/aromatic N) is 2. The second-order valence-electron chi connectivity index (χ2n) is 6.23. The Balaban J connectivity index is 1.72. The first kappa shape index (κ1) is 13.1. The van der Waals surface area contributed by atoms with E-state index in [0.29, 0.717) is 0 Å². The first-order valence-corrected chi connectivity index (χ1v) is 7.55. The number of hydrogen-bond acceptors (Lipinski definition) is 3. The van der Waals surface area contributed by atoms with Gasteiger partial charge in [0.05, 0.1) is 12.3 Å². The van der Waals surface area contributed by atoms with Crippen molar-refractivity contribution in [2.24, 2.45) is 5.41 Å². The van der Waals surface area contributed by atoms with Crippen LogP contribution in [0.4, 0.5) is 0 Å². The van der Waals surface area contributed by atoms with Gasteiger partial charge in [-0.2, -0.15) is 5.10 Å². The number of rotatable bonds is 6.